The van der Waals surface area contributed by atoms with Crippen molar-refractivity contribution in [2.24, 2.45) is 0 Å². The molecule has 0 saturated heterocycles. The van der Waals surface area contributed by atoms with Gasteiger partial charge >= 0.3 is 5.97 Å². The summed E-state index contributed by atoms with van der Waals surface area (Å²) in [7, 11) is 3.87. The van der Waals surface area contributed by atoms with Gasteiger partial charge in [0.15, 0.2) is 5.82 Å². The number of fused-ring (bicyclic) bond motifs is 1. The first-order valence-corrected chi connectivity index (χ1v) is 19.3. The highest BCUT2D eigenvalue weighted by atomic mass is 35.5. The minimum Gasteiger partial charge on any atom is -0.456 e. The summed E-state index contributed by atoms with van der Waals surface area (Å²) >= 11 is 6.13. The smallest absolute Gasteiger partial charge is 0.338 e. The monoisotopic (exact) mass is 827 g/mol. The van der Waals surface area contributed by atoms with Crippen LogP contribution in [-0.2, 0) is 27.4 Å². The van der Waals surface area contributed by atoms with Gasteiger partial charge in [-0.05, 0) is 120 Å². The van der Waals surface area contributed by atoms with E-state index in [4.69, 9.17) is 16.3 Å². The molecule has 0 radical (unpaired) electrons. The lowest BCUT2D eigenvalue weighted by molar-refractivity contribution is -0.135. The third kappa shape index (κ3) is 9.44. The number of likely N-dealkylation sites (N-methyl/N-ethyl adjacent to an activating group) is 1. The highest BCUT2D eigenvalue weighted by molar-refractivity contribution is 6.31. The molecular formula is C44H39ClFN9O5. The van der Waals surface area contributed by atoms with Crippen molar-refractivity contribution in [2.45, 2.75) is 19.1 Å². The van der Waals surface area contributed by atoms with E-state index in [2.05, 4.69) is 31.1 Å². The van der Waals surface area contributed by atoms with Crippen LogP contribution in [0.5, 0.6) is 0 Å². The maximum Gasteiger partial charge on any atom is 0.338 e. The number of nitrogens with one attached hydrogen (secondary N) is 2. The molecule has 2 N–H and O–H groups in total. The summed E-state index contributed by atoms with van der Waals surface area (Å²) in [6.45, 7) is 1.34. The number of halogens is 2. The maximum absolute atomic E-state index is 15.4. The van der Waals surface area contributed by atoms with E-state index in [1.54, 1.807) is 54.7 Å². The van der Waals surface area contributed by atoms with Crippen LogP contribution in [0.4, 0.5) is 10.1 Å². The normalized spacial score (nSPS) is 13.6. The number of hydrogen-bond acceptors (Lipinski definition) is 10. The Labute approximate surface area is 349 Å². The third-order valence-corrected chi connectivity index (χ3v) is 10.1. The van der Waals surface area contributed by atoms with Crippen LogP contribution in [0.1, 0.15) is 49.1 Å². The Morgan fingerprint density at radius 3 is 2.45 bits per heavy atom. The minimum atomic E-state index is -1.13. The number of benzene rings is 4. The fraction of sp³-hybridized carbons (Fsp3) is 0.182. The van der Waals surface area contributed by atoms with E-state index in [-0.39, 0.29) is 40.9 Å². The van der Waals surface area contributed by atoms with E-state index >= 15 is 4.39 Å². The summed E-state index contributed by atoms with van der Waals surface area (Å²) in [5.74, 6) is -2.61. The zero-order valence-corrected chi connectivity index (χ0v) is 33.3. The molecule has 0 fully saturated rings. The molecule has 0 aliphatic carbocycles. The van der Waals surface area contributed by atoms with Gasteiger partial charge in [0.2, 0.25) is 5.91 Å². The molecule has 6 aromatic rings. The Morgan fingerprint density at radius 2 is 1.73 bits per heavy atom. The first kappa shape index (κ1) is 41.1. The second-order valence-electron chi connectivity index (χ2n) is 14.0. The lowest BCUT2D eigenvalue weighted by atomic mass is 9.85. The maximum atomic E-state index is 15.4. The molecule has 304 valence electrons. The molecule has 3 heterocycles. The van der Waals surface area contributed by atoms with E-state index in [9.17, 15) is 19.2 Å². The molecule has 0 saturated carbocycles. The van der Waals surface area contributed by atoms with Gasteiger partial charge in [0.25, 0.3) is 11.8 Å². The molecule has 7 rings (SSSR count). The Bertz CT molecular complexity index is 2530. The van der Waals surface area contributed by atoms with Crippen LogP contribution in [-0.4, -0.2) is 92.4 Å². The van der Waals surface area contributed by atoms with Crippen molar-refractivity contribution < 1.29 is 28.3 Å². The van der Waals surface area contributed by atoms with Gasteiger partial charge in [-0.2, -0.15) is 4.68 Å². The largest absolute Gasteiger partial charge is 0.456 e. The van der Waals surface area contributed by atoms with Crippen LogP contribution in [0, 0.1) is 5.82 Å². The fourth-order valence-electron chi connectivity index (χ4n) is 6.80. The SMILES string of the molecule is CN(C)CCNC(=O)c1ccc(-c2cccc3c2CCN(C(=O)/C=C/c2c(-n4cnnn4)ccc(Cl)c2F)[C@H]3C(=O)Nc2ccc(C(=O)OCc3ccccn3)cc2)cc1. The van der Waals surface area contributed by atoms with E-state index in [1.165, 1.54) is 52.3 Å². The van der Waals surface area contributed by atoms with Crippen molar-refractivity contribution in [1.29, 1.82) is 0 Å². The zero-order chi connectivity index (χ0) is 42.2. The van der Waals surface area contributed by atoms with Crippen LogP contribution < -0.4 is 10.6 Å². The van der Waals surface area contributed by atoms with Crippen LogP contribution in [0.3, 0.4) is 0 Å². The van der Waals surface area contributed by atoms with Gasteiger partial charge in [-0.1, -0.05) is 48.0 Å². The molecule has 1 aliphatic heterocycles. The highest BCUT2D eigenvalue weighted by Crippen LogP contribution is 2.37. The number of ether oxygens (including phenoxy) is 1. The molecule has 14 nitrogen and oxygen atoms in total. The summed E-state index contributed by atoms with van der Waals surface area (Å²) in [5, 5.41) is 16.8. The number of hydrogen-bond donors (Lipinski definition) is 2. The van der Waals surface area contributed by atoms with Crippen molar-refractivity contribution >= 4 is 47.1 Å². The summed E-state index contributed by atoms with van der Waals surface area (Å²) in [6.07, 6.45) is 5.75. The zero-order valence-electron chi connectivity index (χ0n) is 32.6. The van der Waals surface area contributed by atoms with Crippen molar-refractivity contribution in [3.05, 3.63) is 160 Å². The molecule has 0 spiro atoms. The lowest BCUT2D eigenvalue weighted by Gasteiger charge is -2.37. The standard InChI is InChI=1S/C44H39ClFN9O5/c1-53(2)25-23-48-42(57)29-11-9-28(10-12-29)33-7-5-8-35-34(33)21-24-54(39(56)20-17-36-38(55-27-49-51-52-55)19-18-37(45)40(36)46)41(35)43(58)50-31-15-13-30(14-16-31)44(59)60-26-32-6-3-4-22-47-32/h3-20,22,27,41H,21,23-26H2,1-2H3,(H,48,57)(H,50,58)/b20-17+/t41-/m1/s1. The van der Waals surface area contributed by atoms with Crippen molar-refractivity contribution in [3.63, 3.8) is 0 Å². The second kappa shape index (κ2) is 18.7. The number of rotatable bonds is 13. The van der Waals surface area contributed by atoms with Gasteiger partial charge in [0, 0.05) is 48.7 Å². The van der Waals surface area contributed by atoms with Crippen molar-refractivity contribution in [1.82, 2.24) is 40.3 Å². The molecule has 1 aliphatic rings. The summed E-state index contributed by atoms with van der Waals surface area (Å²) in [4.78, 5) is 61.7. The summed E-state index contributed by atoms with van der Waals surface area (Å²) in [6, 6.07) is 26.0. The van der Waals surface area contributed by atoms with Crippen LogP contribution >= 0.6 is 11.6 Å². The van der Waals surface area contributed by atoms with E-state index in [0.717, 1.165) is 16.7 Å². The molecule has 0 unspecified atom stereocenters. The minimum absolute atomic E-state index is 0.000993. The van der Waals surface area contributed by atoms with E-state index in [1.807, 2.05) is 43.3 Å². The van der Waals surface area contributed by atoms with Gasteiger partial charge in [0.05, 0.1) is 22.0 Å². The number of nitrogens with zero attached hydrogens (tertiary/aromatic N) is 7. The molecular weight excluding hydrogens is 789 g/mol. The van der Waals surface area contributed by atoms with Crippen LogP contribution in [0.2, 0.25) is 5.02 Å². The average molecular weight is 828 g/mol. The number of pyridine rings is 1. The summed E-state index contributed by atoms with van der Waals surface area (Å²) < 4.78 is 22.1. The first-order chi connectivity index (χ1) is 29.1. The molecule has 4 aromatic carbocycles. The Hall–Kier alpha value is -7.10. The van der Waals surface area contributed by atoms with Gasteiger partial charge in [-0.25, -0.2) is 9.18 Å². The predicted molar refractivity (Wildman–Crippen MR) is 223 cm³/mol. The molecule has 0 bridgehead atoms. The predicted octanol–water partition coefficient (Wildman–Crippen LogP) is 5.94. The molecule has 1 atom stereocenters. The van der Waals surface area contributed by atoms with Gasteiger partial charge in [-0.3, -0.25) is 19.4 Å². The van der Waals surface area contributed by atoms with E-state index < -0.39 is 29.6 Å². The molecule has 3 amide bonds. The van der Waals surface area contributed by atoms with Crippen LogP contribution in [0.15, 0.2) is 116 Å². The molecule has 16 heteroatoms. The van der Waals surface area contributed by atoms with Gasteiger partial charge < -0.3 is 25.2 Å². The highest BCUT2D eigenvalue weighted by Gasteiger charge is 2.36. The number of aromatic nitrogens is 5. The van der Waals surface area contributed by atoms with E-state index in [0.29, 0.717) is 42.0 Å². The van der Waals surface area contributed by atoms with Gasteiger partial charge in [-0.15, -0.1) is 5.10 Å². The molecule has 60 heavy (non-hydrogen) atoms. The fourth-order valence-corrected chi connectivity index (χ4v) is 6.96. The average Bonchev–Trinajstić information content (AvgIpc) is 3.81. The Morgan fingerprint density at radius 1 is 0.950 bits per heavy atom. The Balaban J connectivity index is 1.17. The second-order valence-corrected chi connectivity index (χ2v) is 14.4. The quantitative estimate of drug-likeness (QED) is 0.105. The Kier molecular flexibility index (Phi) is 12.8. The first-order valence-electron chi connectivity index (χ1n) is 18.9. The third-order valence-electron chi connectivity index (χ3n) is 9.82. The number of esters is 1. The van der Waals surface area contributed by atoms with Gasteiger partial charge in [0.1, 0.15) is 19.0 Å². The van der Waals surface area contributed by atoms with Crippen LogP contribution in [0.25, 0.3) is 22.9 Å². The molecule has 2 aromatic heterocycles. The number of anilines is 1. The van der Waals surface area contributed by atoms with Crippen molar-refractivity contribution in [3.8, 4) is 16.8 Å². The number of carbonyl (C=O) groups is 4. The van der Waals surface area contributed by atoms with Crippen molar-refractivity contribution in [2.75, 3.05) is 39.0 Å². The topological polar surface area (TPSA) is 165 Å². The number of carbonyl (C=O) groups excluding carboxylic acids is 4. The number of tetrazole rings is 1. The number of amides is 3. The lowest BCUT2D eigenvalue weighted by Crippen LogP contribution is -2.45. The summed E-state index contributed by atoms with van der Waals surface area (Å²) in [5.41, 5.74) is 5.07.